The summed E-state index contributed by atoms with van der Waals surface area (Å²) in [6, 6.07) is 16.0. The Bertz CT molecular complexity index is 563. The topological polar surface area (TPSA) is 63.3 Å². The second-order valence-corrected chi connectivity index (χ2v) is 4.49. The number of aliphatic hydroxyl groups is 1. The average Bonchev–Trinajstić information content (AvgIpc) is 2.47. The van der Waals surface area contributed by atoms with E-state index in [2.05, 4.69) is 0 Å². The number of nitrogens with two attached hydrogens (primary N) is 1. The van der Waals surface area contributed by atoms with Gasteiger partial charge in [-0.3, -0.25) is 4.79 Å². The van der Waals surface area contributed by atoms with Gasteiger partial charge in [0.2, 0.25) is 0 Å². The monoisotopic (exact) mass is 255 g/mol. The van der Waals surface area contributed by atoms with Crippen LogP contribution in [0.1, 0.15) is 23.6 Å². The van der Waals surface area contributed by atoms with Crippen molar-refractivity contribution in [3.8, 4) is 0 Å². The number of benzene rings is 2. The van der Waals surface area contributed by atoms with Gasteiger partial charge in [0.15, 0.2) is 5.60 Å². The second kappa shape index (κ2) is 5.24. The van der Waals surface area contributed by atoms with Crippen molar-refractivity contribution in [2.24, 2.45) is 5.73 Å². The van der Waals surface area contributed by atoms with Crippen LogP contribution in [0, 0.1) is 0 Å². The number of primary amides is 1. The number of carbonyl (C=O) groups excluding carboxylic acids is 1. The van der Waals surface area contributed by atoms with Gasteiger partial charge in [-0.1, -0.05) is 61.5 Å². The fourth-order valence-electron chi connectivity index (χ4n) is 2.11. The van der Waals surface area contributed by atoms with Gasteiger partial charge in [-0.25, -0.2) is 0 Å². The minimum atomic E-state index is -1.78. The summed E-state index contributed by atoms with van der Waals surface area (Å²) in [7, 11) is 0. The van der Waals surface area contributed by atoms with Crippen molar-refractivity contribution in [1.29, 1.82) is 0 Å². The van der Waals surface area contributed by atoms with Crippen molar-refractivity contribution in [3.05, 3.63) is 71.3 Å². The molecule has 0 spiro atoms. The van der Waals surface area contributed by atoms with Gasteiger partial charge in [-0.2, -0.15) is 0 Å². The number of carbonyl (C=O) groups is 1. The molecule has 0 bridgehead atoms. The van der Waals surface area contributed by atoms with Crippen molar-refractivity contribution in [1.82, 2.24) is 0 Å². The maximum atomic E-state index is 11.7. The van der Waals surface area contributed by atoms with Crippen LogP contribution in [0.4, 0.5) is 0 Å². The molecule has 19 heavy (non-hydrogen) atoms. The maximum absolute atomic E-state index is 11.7. The third-order valence-corrected chi connectivity index (χ3v) is 3.33. The van der Waals surface area contributed by atoms with Gasteiger partial charge in [0.25, 0.3) is 5.91 Å². The molecule has 0 heterocycles. The third kappa shape index (κ3) is 2.37. The third-order valence-electron chi connectivity index (χ3n) is 3.33. The highest BCUT2D eigenvalue weighted by Gasteiger charge is 2.37. The first kappa shape index (κ1) is 13.3. The molecular formula is C16H17NO2. The Balaban J connectivity index is 2.53. The Kier molecular flexibility index (Phi) is 3.67. The van der Waals surface area contributed by atoms with E-state index in [4.69, 9.17) is 5.73 Å². The van der Waals surface area contributed by atoms with E-state index < -0.39 is 11.5 Å². The van der Waals surface area contributed by atoms with Crippen LogP contribution in [0.5, 0.6) is 0 Å². The summed E-state index contributed by atoms with van der Waals surface area (Å²) in [6.07, 6.45) is 0.903. The molecule has 0 saturated heterocycles. The van der Waals surface area contributed by atoms with Crippen molar-refractivity contribution >= 4 is 5.91 Å². The quantitative estimate of drug-likeness (QED) is 0.877. The molecule has 3 heteroatoms. The van der Waals surface area contributed by atoms with Crippen LogP contribution in [-0.4, -0.2) is 11.0 Å². The zero-order valence-corrected chi connectivity index (χ0v) is 10.8. The Labute approximate surface area is 112 Å². The molecule has 0 radical (unpaired) electrons. The smallest absolute Gasteiger partial charge is 0.258 e. The lowest BCUT2D eigenvalue weighted by molar-refractivity contribution is -0.133. The summed E-state index contributed by atoms with van der Waals surface area (Å²) in [6.45, 7) is 2.05. The lowest BCUT2D eigenvalue weighted by Crippen LogP contribution is -2.42. The number of rotatable bonds is 4. The highest BCUT2D eigenvalue weighted by atomic mass is 16.3. The van der Waals surface area contributed by atoms with Crippen LogP contribution >= 0.6 is 0 Å². The van der Waals surface area contributed by atoms with Crippen LogP contribution in [0.2, 0.25) is 0 Å². The van der Waals surface area contributed by atoms with Crippen LogP contribution in [0.15, 0.2) is 54.6 Å². The Morgan fingerprint density at radius 2 is 1.58 bits per heavy atom. The number of aryl methyl sites for hydroxylation is 1. The first-order valence-corrected chi connectivity index (χ1v) is 6.26. The van der Waals surface area contributed by atoms with E-state index >= 15 is 0 Å². The zero-order valence-electron chi connectivity index (χ0n) is 10.8. The predicted octanol–water partition coefficient (Wildman–Crippen LogP) is 1.97. The molecule has 0 aliphatic heterocycles. The molecule has 2 rings (SSSR count). The van der Waals surface area contributed by atoms with Crippen molar-refractivity contribution in [2.75, 3.05) is 0 Å². The molecule has 98 valence electrons. The molecule has 1 atom stereocenters. The van der Waals surface area contributed by atoms with E-state index in [0.717, 1.165) is 12.0 Å². The van der Waals surface area contributed by atoms with Crippen LogP contribution in [0.25, 0.3) is 0 Å². The van der Waals surface area contributed by atoms with E-state index in [1.165, 1.54) is 0 Å². The minimum Gasteiger partial charge on any atom is -0.372 e. The summed E-state index contributed by atoms with van der Waals surface area (Å²) in [5.41, 5.74) is 5.74. The van der Waals surface area contributed by atoms with Crippen molar-refractivity contribution in [3.63, 3.8) is 0 Å². The maximum Gasteiger partial charge on any atom is 0.258 e. The fraction of sp³-hybridized carbons (Fsp3) is 0.188. The molecule has 0 fully saturated rings. The molecule has 0 aromatic heterocycles. The molecular weight excluding hydrogens is 238 g/mol. The van der Waals surface area contributed by atoms with Gasteiger partial charge in [0, 0.05) is 0 Å². The highest BCUT2D eigenvalue weighted by Crippen LogP contribution is 2.29. The number of hydrogen-bond acceptors (Lipinski definition) is 2. The standard InChI is InChI=1S/C16H17NO2/c1-2-12-8-10-14(11-9-12)16(19,15(17)18)13-6-4-3-5-7-13/h3-11,19H,2H2,1H3,(H2,17,18). The second-order valence-electron chi connectivity index (χ2n) is 4.49. The normalized spacial score (nSPS) is 13.8. The van der Waals surface area contributed by atoms with Crippen molar-refractivity contribution in [2.45, 2.75) is 18.9 Å². The summed E-state index contributed by atoms with van der Waals surface area (Å²) in [4.78, 5) is 11.7. The van der Waals surface area contributed by atoms with E-state index in [1.807, 2.05) is 25.1 Å². The molecule has 3 N–H and O–H groups in total. The molecule has 2 aromatic carbocycles. The summed E-state index contributed by atoms with van der Waals surface area (Å²) in [5, 5.41) is 10.7. The first-order chi connectivity index (χ1) is 9.09. The number of amides is 1. The fourth-order valence-corrected chi connectivity index (χ4v) is 2.11. The minimum absolute atomic E-state index is 0.478. The lowest BCUT2D eigenvalue weighted by Gasteiger charge is -2.25. The molecule has 0 aliphatic rings. The molecule has 0 aliphatic carbocycles. The predicted molar refractivity (Wildman–Crippen MR) is 74.5 cm³/mol. The molecule has 1 unspecified atom stereocenters. The van der Waals surface area contributed by atoms with E-state index in [9.17, 15) is 9.90 Å². The SMILES string of the molecule is CCc1ccc(C(O)(C(N)=O)c2ccccc2)cc1. The van der Waals surface area contributed by atoms with Crippen LogP contribution in [-0.2, 0) is 16.8 Å². The number of hydrogen-bond donors (Lipinski definition) is 2. The lowest BCUT2D eigenvalue weighted by atomic mass is 9.85. The molecule has 2 aromatic rings. The summed E-state index contributed by atoms with van der Waals surface area (Å²) < 4.78 is 0. The van der Waals surface area contributed by atoms with Crippen molar-refractivity contribution < 1.29 is 9.90 Å². The molecule has 0 saturated carbocycles. The van der Waals surface area contributed by atoms with Gasteiger partial charge in [-0.15, -0.1) is 0 Å². The first-order valence-electron chi connectivity index (χ1n) is 6.26. The zero-order chi connectivity index (χ0) is 13.9. The van der Waals surface area contributed by atoms with Gasteiger partial charge >= 0.3 is 0 Å². The van der Waals surface area contributed by atoms with Crippen LogP contribution < -0.4 is 5.73 Å². The van der Waals surface area contributed by atoms with E-state index in [-0.39, 0.29) is 0 Å². The summed E-state index contributed by atoms with van der Waals surface area (Å²) >= 11 is 0. The Morgan fingerprint density at radius 3 is 2.05 bits per heavy atom. The highest BCUT2D eigenvalue weighted by molar-refractivity contribution is 5.88. The van der Waals surface area contributed by atoms with Crippen LogP contribution in [0.3, 0.4) is 0 Å². The Morgan fingerprint density at radius 1 is 1.05 bits per heavy atom. The van der Waals surface area contributed by atoms with E-state index in [0.29, 0.717) is 11.1 Å². The van der Waals surface area contributed by atoms with Gasteiger partial charge < -0.3 is 10.8 Å². The van der Waals surface area contributed by atoms with E-state index in [1.54, 1.807) is 36.4 Å². The molecule has 3 nitrogen and oxygen atoms in total. The van der Waals surface area contributed by atoms with Gasteiger partial charge in [0.1, 0.15) is 0 Å². The molecule has 1 amide bonds. The van der Waals surface area contributed by atoms with Gasteiger partial charge in [-0.05, 0) is 23.1 Å². The summed E-state index contributed by atoms with van der Waals surface area (Å²) in [5.74, 6) is -0.775. The average molecular weight is 255 g/mol. The Hall–Kier alpha value is -2.13. The largest absolute Gasteiger partial charge is 0.372 e. The van der Waals surface area contributed by atoms with Gasteiger partial charge in [0.05, 0.1) is 0 Å².